The van der Waals surface area contributed by atoms with E-state index in [1.54, 1.807) is 6.20 Å². The topological polar surface area (TPSA) is 98.3 Å². The van der Waals surface area contributed by atoms with E-state index >= 15 is 0 Å². The van der Waals surface area contributed by atoms with Crippen LogP contribution in [-0.2, 0) is 11.3 Å². The van der Waals surface area contributed by atoms with Gasteiger partial charge in [-0.2, -0.15) is 0 Å². The third-order valence-electron chi connectivity index (χ3n) is 3.03. The van der Waals surface area contributed by atoms with Crippen molar-refractivity contribution < 1.29 is 14.7 Å². The van der Waals surface area contributed by atoms with Crippen molar-refractivity contribution in [2.24, 2.45) is 0 Å². The van der Waals surface area contributed by atoms with E-state index in [1.807, 2.05) is 0 Å². The lowest BCUT2D eigenvalue weighted by molar-refractivity contribution is -0.143. The normalized spacial score (nSPS) is 19.6. The lowest BCUT2D eigenvalue weighted by Crippen LogP contribution is -2.51. The quantitative estimate of drug-likeness (QED) is 0.732. The maximum absolute atomic E-state index is 11.9. The van der Waals surface area contributed by atoms with Crippen molar-refractivity contribution >= 4 is 12.0 Å². The van der Waals surface area contributed by atoms with Crippen LogP contribution in [0, 0.1) is 0 Å². The summed E-state index contributed by atoms with van der Waals surface area (Å²) >= 11 is 0. The van der Waals surface area contributed by atoms with Crippen LogP contribution in [0.5, 0.6) is 0 Å². The number of hydrogen-bond donors (Lipinski definition) is 3. The molecule has 0 aromatic carbocycles. The summed E-state index contributed by atoms with van der Waals surface area (Å²) in [4.78, 5) is 31.1. The van der Waals surface area contributed by atoms with E-state index in [0.29, 0.717) is 19.5 Å². The van der Waals surface area contributed by atoms with Crippen molar-refractivity contribution in [1.82, 2.24) is 20.2 Å². The lowest BCUT2D eigenvalue weighted by Gasteiger charge is -2.32. The molecule has 0 radical (unpaired) electrons. The first-order chi connectivity index (χ1) is 8.68. The Bertz CT molecular complexity index is 418. The third kappa shape index (κ3) is 2.79. The number of amides is 2. The molecule has 2 amide bonds. The van der Waals surface area contributed by atoms with Crippen molar-refractivity contribution in [3.63, 3.8) is 0 Å². The number of aromatic amines is 1. The molecule has 3 N–H and O–H groups in total. The van der Waals surface area contributed by atoms with Gasteiger partial charge in [0.2, 0.25) is 0 Å². The van der Waals surface area contributed by atoms with Crippen LogP contribution in [-0.4, -0.2) is 44.6 Å². The van der Waals surface area contributed by atoms with Crippen molar-refractivity contribution in [3.8, 4) is 0 Å². The van der Waals surface area contributed by atoms with Gasteiger partial charge in [-0.3, -0.25) is 0 Å². The number of aliphatic carboxylic acids is 1. The SMILES string of the molecule is O=C(O)C1CCCCN1C(=O)NCc1cnc[nH]1. The Morgan fingerprint density at radius 2 is 2.39 bits per heavy atom. The lowest BCUT2D eigenvalue weighted by atomic mass is 10.0. The zero-order chi connectivity index (χ0) is 13.0. The predicted octanol–water partition coefficient (Wildman–Crippen LogP) is 0.558. The van der Waals surface area contributed by atoms with Crippen molar-refractivity contribution in [3.05, 3.63) is 18.2 Å². The van der Waals surface area contributed by atoms with Crippen molar-refractivity contribution in [2.75, 3.05) is 6.54 Å². The first-order valence-electron chi connectivity index (χ1n) is 5.93. The highest BCUT2D eigenvalue weighted by Crippen LogP contribution is 2.17. The van der Waals surface area contributed by atoms with Crippen molar-refractivity contribution in [2.45, 2.75) is 31.8 Å². The van der Waals surface area contributed by atoms with Gasteiger partial charge in [-0.05, 0) is 19.3 Å². The summed E-state index contributed by atoms with van der Waals surface area (Å²) in [7, 11) is 0. The summed E-state index contributed by atoms with van der Waals surface area (Å²) in [5, 5.41) is 11.8. The first-order valence-corrected chi connectivity index (χ1v) is 5.93. The average Bonchev–Trinajstić information content (AvgIpc) is 2.89. The monoisotopic (exact) mass is 252 g/mol. The van der Waals surface area contributed by atoms with Gasteiger partial charge in [0.1, 0.15) is 6.04 Å². The van der Waals surface area contributed by atoms with Gasteiger partial charge >= 0.3 is 12.0 Å². The fourth-order valence-electron chi connectivity index (χ4n) is 2.09. The molecule has 18 heavy (non-hydrogen) atoms. The number of piperidine rings is 1. The summed E-state index contributed by atoms with van der Waals surface area (Å²) in [6.45, 7) is 0.813. The molecule has 1 unspecified atom stereocenters. The van der Waals surface area contributed by atoms with Crippen molar-refractivity contribution in [1.29, 1.82) is 0 Å². The van der Waals surface area contributed by atoms with Gasteiger partial charge in [0, 0.05) is 12.7 Å². The number of carbonyl (C=O) groups excluding carboxylic acids is 1. The van der Waals surface area contributed by atoms with E-state index in [-0.39, 0.29) is 6.03 Å². The Morgan fingerprint density at radius 1 is 1.56 bits per heavy atom. The van der Waals surface area contributed by atoms with Crippen LogP contribution < -0.4 is 5.32 Å². The van der Waals surface area contributed by atoms with Crippen LogP contribution in [0.25, 0.3) is 0 Å². The van der Waals surface area contributed by atoms with E-state index in [9.17, 15) is 9.59 Å². The number of urea groups is 1. The Morgan fingerprint density at radius 3 is 3.06 bits per heavy atom. The molecule has 2 rings (SSSR count). The van der Waals surface area contributed by atoms with Crippen LogP contribution in [0.3, 0.4) is 0 Å². The number of H-pyrrole nitrogens is 1. The summed E-state index contributed by atoms with van der Waals surface area (Å²) in [5.74, 6) is -0.939. The smallest absolute Gasteiger partial charge is 0.326 e. The highest BCUT2D eigenvalue weighted by Gasteiger charge is 2.31. The molecule has 0 aliphatic carbocycles. The number of nitrogens with one attached hydrogen (secondary N) is 2. The van der Waals surface area contributed by atoms with Gasteiger partial charge in [-0.1, -0.05) is 0 Å². The fraction of sp³-hybridized carbons (Fsp3) is 0.545. The largest absolute Gasteiger partial charge is 0.480 e. The van der Waals surface area contributed by atoms with Gasteiger partial charge in [0.05, 0.1) is 18.6 Å². The Kier molecular flexibility index (Phi) is 3.81. The Balaban J connectivity index is 1.92. The molecule has 0 spiro atoms. The van der Waals surface area contributed by atoms with Crippen LogP contribution >= 0.6 is 0 Å². The Hall–Kier alpha value is -2.05. The number of rotatable bonds is 3. The number of aromatic nitrogens is 2. The standard InChI is InChI=1S/C11H16N4O3/c16-10(17)9-3-1-2-4-15(9)11(18)13-6-8-5-12-7-14-8/h5,7,9H,1-4,6H2,(H,12,14)(H,13,18)(H,16,17). The number of carboxylic acids is 1. The number of carbonyl (C=O) groups is 2. The number of carboxylic acid groups (broad SMARTS) is 1. The molecule has 2 heterocycles. The van der Waals surface area contributed by atoms with Gasteiger partial charge in [0.25, 0.3) is 0 Å². The summed E-state index contributed by atoms with van der Waals surface area (Å²) in [6, 6.07) is -1.04. The van der Waals surface area contributed by atoms with Gasteiger partial charge in [0.15, 0.2) is 0 Å². The van der Waals surface area contributed by atoms with E-state index in [4.69, 9.17) is 5.11 Å². The molecule has 0 bridgehead atoms. The molecule has 1 aromatic rings. The van der Waals surface area contributed by atoms with Crippen LogP contribution in [0.15, 0.2) is 12.5 Å². The highest BCUT2D eigenvalue weighted by molar-refractivity contribution is 5.82. The van der Waals surface area contributed by atoms with E-state index in [0.717, 1.165) is 18.5 Å². The molecule has 1 aliphatic heterocycles. The number of nitrogens with zero attached hydrogens (tertiary/aromatic N) is 2. The zero-order valence-corrected chi connectivity index (χ0v) is 9.93. The molecule has 98 valence electrons. The second-order valence-corrected chi connectivity index (χ2v) is 4.28. The maximum atomic E-state index is 11.9. The first kappa shape index (κ1) is 12.4. The molecule has 7 nitrogen and oxygen atoms in total. The van der Waals surface area contributed by atoms with Crippen LogP contribution in [0.1, 0.15) is 25.0 Å². The van der Waals surface area contributed by atoms with Crippen LogP contribution in [0.2, 0.25) is 0 Å². The molecule has 1 saturated heterocycles. The minimum atomic E-state index is -0.939. The molecule has 1 atom stereocenters. The summed E-state index contributed by atoms with van der Waals surface area (Å²) < 4.78 is 0. The fourth-order valence-corrected chi connectivity index (χ4v) is 2.09. The number of imidazole rings is 1. The van der Waals surface area contributed by atoms with Gasteiger partial charge in [-0.25, -0.2) is 14.6 Å². The molecular weight excluding hydrogens is 236 g/mol. The molecule has 1 fully saturated rings. The average molecular weight is 252 g/mol. The van der Waals surface area contributed by atoms with E-state index in [2.05, 4.69) is 15.3 Å². The van der Waals surface area contributed by atoms with Crippen LogP contribution in [0.4, 0.5) is 4.79 Å². The molecule has 1 aliphatic rings. The predicted molar refractivity (Wildman–Crippen MR) is 62.8 cm³/mol. The second-order valence-electron chi connectivity index (χ2n) is 4.28. The molecular formula is C11H16N4O3. The van der Waals surface area contributed by atoms with Gasteiger partial charge < -0.3 is 20.3 Å². The third-order valence-corrected chi connectivity index (χ3v) is 3.03. The number of hydrogen-bond acceptors (Lipinski definition) is 3. The highest BCUT2D eigenvalue weighted by atomic mass is 16.4. The Labute approximate surface area is 104 Å². The minimum Gasteiger partial charge on any atom is -0.480 e. The van der Waals surface area contributed by atoms with E-state index < -0.39 is 12.0 Å². The summed E-state index contributed by atoms with van der Waals surface area (Å²) in [6.07, 6.45) is 5.36. The molecule has 0 saturated carbocycles. The molecule has 1 aromatic heterocycles. The maximum Gasteiger partial charge on any atom is 0.326 e. The zero-order valence-electron chi connectivity index (χ0n) is 9.93. The second kappa shape index (κ2) is 5.52. The van der Waals surface area contributed by atoms with Gasteiger partial charge in [-0.15, -0.1) is 0 Å². The minimum absolute atomic E-state index is 0.321. The molecule has 7 heteroatoms. The number of likely N-dealkylation sites (tertiary alicyclic amines) is 1. The van der Waals surface area contributed by atoms with E-state index in [1.165, 1.54) is 11.2 Å². The summed E-state index contributed by atoms with van der Waals surface area (Å²) in [5.41, 5.74) is 0.784.